The maximum atomic E-state index is 12.1. The van der Waals surface area contributed by atoms with Gasteiger partial charge in [0, 0.05) is 24.8 Å². The van der Waals surface area contributed by atoms with Gasteiger partial charge < -0.3 is 10.6 Å². The summed E-state index contributed by atoms with van der Waals surface area (Å²) in [6.07, 6.45) is 3.24. The number of hydrogen-bond donors (Lipinski definition) is 3. The second-order valence-electron chi connectivity index (χ2n) is 6.04. The van der Waals surface area contributed by atoms with Crippen LogP contribution in [0, 0.1) is 0 Å². The van der Waals surface area contributed by atoms with Crippen molar-refractivity contribution >= 4 is 28.9 Å². The van der Waals surface area contributed by atoms with Gasteiger partial charge in [0.2, 0.25) is 5.91 Å². The molecule has 1 aliphatic heterocycles. The molecule has 0 unspecified atom stereocenters. The van der Waals surface area contributed by atoms with Gasteiger partial charge in [-0.25, -0.2) is 5.10 Å². The number of rotatable bonds is 5. The van der Waals surface area contributed by atoms with Crippen molar-refractivity contribution in [3.63, 3.8) is 0 Å². The molecule has 1 fully saturated rings. The molecular formula is C17H20ClN5O2. The molecule has 1 aromatic carbocycles. The normalized spacial score (nSPS) is 15.7. The summed E-state index contributed by atoms with van der Waals surface area (Å²) in [5, 5.41) is 12.3. The number of benzene rings is 1. The number of nitrogens with one attached hydrogen (secondary N) is 3. The van der Waals surface area contributed by atoms with Gasteiger partial charge in [0.25, 0.3) is 5.56 Å². The first-order valence-corrected chi connectivity index (χ1v) is 8.56. The highest BCUT2D eigenvalue weighted by Gasteiger charge is 2.21. The van der Waals surface area contributed by atoms with E-state index in [1.54, 1.807) is 0 Å². The van der Waals surface area contributed by atoms with Crippen LogP contribution >= 0.6 is 11.6 Å². The minimum Gasteiger partial charge on any atom is -0.380 e. The van der Waals surface area contributed by atoms with E-state index in [1.165, 1.54) is 6.20 Å². The van der Waals surface area contributed by atoms with Gasteiger partial charge in [0.1, 0.15) is 5.02 Å². The van der Waals surface area contributed by atoms with E-state index < -0.39 is 5.56 Å². The summed E-state index contributed by atoms with van der Waals surface area (Å²) in [7, 11) is 0. The van der Waals surface area contributed by atoms with Crippen LogP contribution in [-0.2, 0) is 4.79 Å². The summed E-state index contributed by atoms with van der Waals surface area (Å²) in [4.78, 5) is 25.7. The van der Waals surface area contributed by atoms with Crippen molar-refractivity contribution in [1.82, 2.24) is 15.1 Å². The molecule has 7 nitrogen and oxygen atoms in total. The number of para-hydroxylation sites is 1. The zero-order chi connectivity index (χ0) is 17.6. The molecule has 0 bridgehead atoms. The Morgan fingerprint density at radius 1 is 1.28 bits per heavy atom. The van der Waals surface area contributed by atoms with Gasteiger partial charge in [-0.05, 0) is 25.0 Å². The highest BCUT2D eigenvalue weighted by molar-refractivity contribution is 6.32. The zero-order valence-corrected chi connectivity index (χ0v) is 14.4. The first-order chi connectivity index (χ1) is 12.1. The number of carbonyl (C=O) groups excluding carboxylic acids is 1. The SMILES string of the molecule is O=C(CN1CCC(Nc2cn[nH]c(=O)c2Cl)CC1)Nc1ccccc1. The number of nitrogens with zero attached hydrogens (tertiary/aromatic N) is 2. The van der Waals surface area contributed by atoms with Gasteiger partial charge in [-0.2, -0.15) is 5.10 Å². The zero-order valence-electron chi connectivity index (χ0n) is 13.7. The summed E-state index contributed by atoms with van der Waals surface area (Å²) in [6, 6.07) is 9.63. The van der Waals surface area contributed by atoms with Crippen LogP contribution in [0.1, 0.15) is 12.8 Å². The van der Waals surface area contributed by atoms with Gasteiger partial charge in [-0.1, -0.05) is 29.8 Å². The Morgan fingerprint density at radius 2 is 2.00 bits per heavy atom. The Kier molecular flexibility index (Phi) is 5.67. The molecule has 8 heteroatoms. The number of aromatic amines is 1. The quantitative estimate of drug-likeness (QED) is 0.757. The fraction of sp³-hybridized carbons (Fsp3) is 0.353. The lowest BCUT2D eigenvalue weighted by Crippen LogP contribution is -2.42. The van der Waals surface area contributed by atoms with E-state index in [9.17, 15) is 9.59 Å². The Hall–Kier alpha value is -2.38. The average molecular weight is 362 g/mol. The number of amides is 1. The van der Waals surface area contributed by atoms with Crippen molar-refractivity contribution in [1.29, 1.82) is 0 Å². The summed E-state index contributed by atoms with van der Waals surface area (Å²) in [5.41, 5.74) is 0.952. The van der Waals surface area contributed by atoms with Crippen LogP contribution in [0.5, 0.6) is 0 Å². The number of piperidine rings is 1. The highest BCUT2D eigenvalue weighted by Crippen LogP contribution is 2.20. The van der Waals surface area contributed by atoms with Crippen molar-refractivity contribution in [3.05, 3.63) is 51.9 Å². The van der Waals surface area contributed by atoms with Crippen LogP contribution in [0.3, 0.4) is 0 Å². The van der Waals surface area contributed by atoms with E-state index in [2.05, 4.69) is 25.7 Å². The smallest absolute Gasteiger partial charge is 0.285 e. The number of hydrogen-bond acceptors (Lipinski definition) is 5. The van der Waals surface area contributed by atoms with Gasteiger partial charge in [0.15, 0.2) is 0 Å². The van der Waals surface area contributed by atoms with E-state index in [4.69, 9.17) is 11.6 Å². The summed E-state index contributed by atoms with van der Waals surface area (Å²) >= 11 is 5.98. The molecule has 3 N–H and O–H groups in total. The molecule has 1 aliphatic rings. The van der Waals surface area contributed by atoms with Crippen molar-refractivity contribution < 1.29 is 4.79 Å². The summed E-state index contributed by atoms with van der Waals surface area (Å²) < 4.78 is 0. The molecule has 25 heavy (non-hydrogen) atoms. The minimum absolute atomic E-state index is 0.0144. The lowest BCUT2D eigenvalue weighted by Gasteiger charge is -2.32. The minimum atomic E-state index is -0.401. The Bertz CT molecular complexity index is 772. The van der Waals surface area contributed by atoms with E-state index in [0.29, 0.717) is 12.2 Å². The highest BCUT2D eigenvalue weighted by atomic mass is 35.5. The fourth-order valence-corrected chi connectivity index (χ4v) is 3.01. The molecule has 0 radical (unpaired) electrons. The number of likely N-dealkylation sites (tertiary alicyclic amines) is 1. The molecule has 1 saturated heterocycles. The van der Waals surface area contributed by atoms with E-state index in [1.807, 2.05) is 30.3 Å². The molecular weight excluding hydrogens is 342 g/mol. The van der Waals surface area contributed by atoms with Crippen molar-refractivity contribution in [3.8, 4) is 0 Å². The van der Waals surface area contributed by atoms with E-state index >= 15 is 0 Å². The maximum absolute atomic E-state index is 12.1. The van der Waals surface area contributed by atoms with Crippen LogP contribution in [0.25, 0.3) is 0 Å². The Balaban J connectivity index is 1.46. The molecule has 3 rings (SSSR count). The van der Waals surface area contributed by atoms with Gasteiger partial charge in [0.05, 0.1) is 18.4 Å². The molecule has 2 aromatic rings. The number of aromatic nitrogens is 2. The van der Waals surface area contributed by atoms with Crippen molar-refractivity contribution in [2.24, 2.45) is 0 Å². The second kappa shape index (κ2) is 8.13. The second-order valence-corrected chi connectivity index (χ2v) is 6.41. The summed E-state index contributed by atoms with van der Waals surface area (Å²) in [5.74, 6) is -0.0144. The van der Waals surface area contributed by atoms with Gasteiger partial charge >= 0.3 is 0 Å². The van der Waals surface area contributed by atoms with Gasteiger partial charge in [-0.3, -0.25) is 14.5 Å². The Labute approximate surface area is 150 Å². The van der Waals surface area contributed by atoms with Crippen molar-refractivity contribution in [2.75, 3.05) is 30.3 Å². The largest absolute Gasteiger partial charge is 0.380 e. The van der Waals surface area contributed by atoms with Crippen LogP contribution in [0.2, 0.25) is 5.02 Å². The van der Waals surface area contributed by atoms with Crippen LogP contribution in [0.15, 0.2) is 41.3 Å². The molecule has 0 spiro atoms. The fourth-order valence-electron chi connectivity index (χ4n) is 2.86. The van der Waals surface area contributed by atoms with E-state index in [0.717, 1.165) is 31.6 Å². The number of carbonyl (C=O) groups is 1. The van der Waals surface area contributed by atoms with Gasteiger partial charge in [-0.15, -0.1) is 0 Å². The number of anilines is 2. The summed E-state index contributed by atoms with van der Waals surface area (Å²) in [6.45, 7) is 1.97. The first kappa shape index (κ1) is 17.4. The Morgan fingerprint density at radius 3 is 2.72 bits per heavy atom. The average Bonchev–Trinajstić information content (AvgIpc) is 2.61. The third-order valence-electron chi connectivity index (χ3n) is 4.17. The third-order valence-corrected chi connectivity index (χ3v) is 4.54. The molecule has 0 aliphatic carbocycles. The molecule has 1 aromatic heterocycles. The first-order valence-electron chi connectivity index (χ1n) is 8.19. The number of halogens is 1. The predicted octanol–water partition coefficient (Wildman–Crippen LogP) is 1.94. The lowest BCUT2D eigenvalue weighted by atomic mass is 10.0. The number of H-pyrrole nitrogens is 1. The molecule has 0 atom stereocenters. The topological polar surface area (TPSA) is 90.1 Å². The van der Waals surface area contributed by atoms with E-state index in [-0.39, 0.29) is 17.0 Å². The predicted molar refractivity (Wildman–Crippen MR) is 98.0 cm³/mol. The lowest BCUT2D eigenvalue weighted by molar-refractivity contribution is -0.117. The molecule has 0 saturated carbocycles. The van der Waals surface area contributed by atoms with Crippen LogP contribution in [-0.4, -0.2) is 46.7 Å². The maximum Gasteiger partial charge on any atom is 0.285 e. The molecule has 132 valence electrons. The third kappa shape index (κ3) is 4.80. The standard InChI is InChI=1S/C17H20ClN5O2/c18-16-14(10-19-22-17(16)25)20-13-6-8-23(9-7-13)11-15(24)21-12-4-2-1-3-5-12/h1-5,10,13H,6-9,11H2,(H,21,24)(H2,20,22,25). The van der Waals surface area contributed by atoms with Crippen LogP contribution in [0.4, 0.5) is 11.4 Å². The molecule has 2 heterocycles. The molecule has 1 amide bonds. The monoisotopic (exact) mass is 361 g/mol. The van der Waals surface area contributed by atoms with Crippen molar-refractivity contribution in [2.45, 2.75) is 18.9 Å². The van der Waals surface area contributed by atoms with Crippen LogP contribution < -0.4 is 16.2 Å².